The molecular formula is C20H23ClN2O3. The number of nitrogens with zero attached hydrogens (tertiary/aromatic N) is 1. The molecule has 0 fully saturated rings. The van der Waals surface area contributed by atoms with Crippen LogP contribution >= 0.6 is 11.6 Å². The van der Waals surface area contributed by atoms with Crippen molar-refractivity contribution in [2.45, 2.75) is 33.0 Å². The second-order valence-corrected chi connectivity index (χ2v) is 6.26. The Bertz CT molecular complexity index is 720. The number of hydrogen-bond donors (Lipinski definition) is 1. The van der Waals surface area contributed by atoms with E-state index in [4.69, 9.17) is 16.3 Å². The van der Waals surface area contributed by atoms with E-state index in [2.05, 4.69) is 5.32 Å². The number of nitrogens with one attached hydrogen (secondary N) is 1. The van der Waals surface area contributed by atoms with Gasteiger partial charge in [-0.2, -0.15) is 0 Å². The number of ether oxygens (including phenoxy) is 1. The highest BCUT2D eigenvalue weighted by atomic mass is 35.5. The second kappa shape index (κ2) is 9.82. The maximum atomic E-state index is 12.7. The van der Waals surface area contributed by atoms with Gasteiger partial charge in [0.1, 0.15) is 6.04 Å². The van der Waals surface area contributed by atoms with Crippen molar-refractivity contribution in [3.8, 4) is 0 Å². The van der Waals surface area contributed by atoms with Crippen molar-refractivity contribution in [3.63, 3.8) is 0 Å². The first kappa shape index (κ1) is 19.8. The summed E-state index contributed by atoms with van der Waals surface area (Å²) in [5.74, 6) is -0.426. The van der Waals surface area contributed by atoms with Crippen LogP contribution in [-0.4, -0.2) is 29.5 Å². The fourth-order valence-electron chi connectivity index (χ4n) is 2.44. The van der Waals surface area contributed by atoms with Crippen LogP contribution in [0.4, 0.5) is 4.79 Å². The Hall–Kier alpha value is -2.53. The van der Waals surface area contributed by atoms with E-state index >= 15 is 0 Å². The summed E-state index contributed by atoms with van der Waals surface area (Å²) in [4.78, 5) is 26.3. The SMILES string of the molecule is CCOC(=O)C(C)N(Cc1ccccc1)C(=O)NCc1ccc(Cl)cc1. The third kappa shape index (κ3) is 5.77. The van der Waals surface area contributed by atoms with Crippen LogP contribution in [-0.2, 0) is 22.6 Å². The predicted molar refractivity (Wildman–Crippen MR) is 102 cm³/mol. The van der Waals surface area contributed by atoms with Crippen LogP contribution in [0, 0.1) is 0 Å². The molecule has 0 aromatic heterocycles. The van der Waals surface area contributed by atoms with Crippen LogP contribution in [0.2, 0.25) is 5.02 Å². The number of carbonyl (C=O) groups excluding carboxylic acids is 2. The molecule has 0 aliphatic heterocycles. The monoisotopic (exact) mass is 374 g/mol. The van der Waals surface area contributed by atoms with Crippen molar-refractivity contribution >= 4 is 23.6 Å². The average Bonchev–Trinajstić information content (AvgIpc) is 2.66. The van der Waals surface area contributed by atoms with E-state index < -0.39 is 12.0 Å². The number of amides is 2. The molecule has 0 saturated heterocycles. The zero-order valence-electron chi connectivity index (χ0n) is 14.9. The summed E-state index contributed by atoms with van der Waals surface area (Å²) in [6.45, 7) is 4.34. The third-order valence-electron chi connectivity index (χ3n) is 3.91. The van der Waals surface area contributed by atoms with Gasteiger partial charge in [-0.1, -0.05) is 54.1 Å². The Balaban J connectivity index is 2.09. The molecule has 2 amide bonds. The molecule has 138 valence electrons. The van der Waals surface area contributed by atoms with Crippen LogP contribution in [0.5, 0.6) is 0 Å². The molecule has 1 N–H and O–H groups in total. The van der Waals surface area contributed by atoms with E-state index in [1.165, 1.54) is 4.90 Å². The van der Waals surface area contributed by atoms with Crippen LogP contribution in [0.25, 0.3) is 0 Å². The quantitative estimate of drug-likeness (QED) is 0.745. The summed E-state index contributed by atoms with van der Waals surface area (Å²) >= 11 is 5.87. The number of urea groups is 1. The van der Waals surface area contributed by atoms with Crippen molar-refractivity contribution in [1.29, 1.82) is 0 Å². The summed E-state index contributed by atoms with van der Waals surface area (Å²) in [6, 6.07) is 15.7. The highest BCUT2D eigenvalue weighted by Crippen LogP contribution is 2.12. The van der Waals surface area contributed by atoms with Crippen LogP contribution in [0.15, 0.2) is 54.6 Å². The van der Waals surface area contributed by atoms with Crippen molar-refractivity contribution < 1.29 is 14.3 Å². The zero-order valence-corrected chi connectivity index (χ0v) is 15.7. The van der Waals surface area contributed by atoms with Gasteiger partial charge >= 0.3 is 12.0 Å². The summed E-state index contributed by atoms with van der Waals surface area (Å²) in [6.07, 6.45) is 0. The number of benzene rings is 2. The van der Waals surface area contributed by atoms with Gasteiger partial charge in [-0.25, -0.2) is 9.59 Å². The summed E-state index contributed by atoms with van der Waals surface area (Å²) in [5, 5.41) is 3.49. The van der Waals surface area contributed by atoms with Gasteiger partial charge in [0.25, 0.3) is 0 Å². The lowest BCUT2D eigenvalue weighted by molar-refractivity contribution is -0.148. The van der Waals surface area contributed by atoms with Crippen LogP contribution in [0.3, 0.4) is 0 Å². The first-order chi connectivity index (χ1) is 12.5. The molecule has 0 aliphatic carbocycles. The van der Waals surface area contributed by atoms with Crippen LogP contribution in [0.1, 0.15) is 25.0 Å². The highest BCUT2D eigenvalue weighted by Gasteiger charge is 2.27. The van der Waals surface area contributed by atoms with E-state index in [0.717, 1.165) is 11.1 Å². The molecule has 26 heavy (non-hydrogen) atoms. The molecule has 0 radical (unpaired) electrons. The molecule has 5 nitrogen and oxygen atoms in total. The first-order valence-electron chi connectivity index (χ1n) is 8.50. The fourth-order valence-corrected chi connectivity index (χ4v) is 2.56. The number of rotatable bonds is 7. The maximum Gasteiger partial charge on any atom is 0.328 e. The van der Waals surface area contributed by atoms with Crippen molar-refractivity contribution in [1.82, 2.24) is 10.2 Å². The second-order valence-electron chi connectivity index (χ2n) is 5.83. The Morgan fingerprint density at radius 3 is 2.35 bits per heavy atom. The third-order valence-corrected chi connectivity index (χ3v) is 4.16. The number of hydrogen-bond acceptors (Lipinski definition) is 3. The predicted octanol–water partition coefficient (Wildman–Crippen LogP) is 4.00. The van der Waals surface area contributed by atoms with E-state index in [0.29, 0.717) is 18.1 Å². The van der Waals surface area contributed by atoms with E-state index in [9.17, 15) is 9.59 Å². The molecule has 0 aliphatic rings. The topological polar surface area (TPSA) is 58.6 Å². The first-order valence-corrected chi connectivity index (χ1v) is 8.88. The lowest BCUT2D eigenvalue weighted by Crippen LogP contribution is -2.48. The molecule has 2 aromatic rings. The number of carbonyl (C=O) groups is 2. The Morgan fingerprint density at radius 1 is 1.08 bits per heavy atom. The minimum Gasteiger partial charge on any atom is -0.464 e. The molecule has 0 heterocycles. The molecule has 2 aromatic carbocycles. The Kier molecular flexibility index (Phi) is 7.48. The largest absolute Gasteiger partial charge is 0.464 e. The molecule has 1 unspecified atom stereocenters. The van der Waals surface area contributed by atoms with E-state index in [1.54, 1.807) is 26.0 Å². The molecule has 0 bridgehead atoms. The molecule has 0 saturated carbocycles. The summed E-state index contributed by atoms with van der Waals surface area (Å²) in [5.41, 5.74) is 1.86. The minimum atomic E-state index is -0.694. The highest BCUT2D eigenvalue weighted by molar-refractivity contribution is 6.30. The van der Waals surface area contributed by atoms with Gasteiger partial charge in [-0.15, -0.1) is 0 Å². The van der Waals surface area contributed by atoms with Gasteiger partial charge in [0, 0.05) is 18.1 Å². The standard InChI is InChI=1S/C20H23ClN2O3/c1-3-26-19(24)15(2)23(14-17-7-5-4-6-8-17)20(25)22-13-16-9-11-18(21)12-10-16/h4-12,15H,3,13-14H2,1-2H3,(H,22,25). The van der Waals surface area contributed by atoms with E-state index in [-0.39, 0.29) is 12.6 Å². The lowest BCUT2D eigenvalue weighted by atomic mass is 10.2. The van der Waals surface area contributed by atoms with Gasteiger partial charge < -0.3 is 15.0 Å². The van der Waals surface area contributed by atoms with E-state index in [1.807, 2.05) is 42.5 Å². The van der Waals surface area contributed by atoms with Crippen molar-refractivity contribution in [2.75, 3.05) is 6.61 Å². The summed E-state index contributed by atoms with van der Waals surface area (Å²) < 4.78 is 5.07. The molecule has 2 rings (SSSR count). The molecular weight excluding hydrogens is 352 g/mol. The summed E-state index contributed by atoms with van der Waals surface area (Å²) in [7, 11) is 0. The lowest BCUT2D eigenvalue weighted by Gasteiger charge is -2.28. The maximum absolute atomic E-state index is 12.7. The Morgan fingerprint density at radius 2 is 1.73 bits per heavy atom. The molecule has 6 heteroatoms. The average molecular weight is 375 g/mol. The van der Waals surface area contributed by atoms with Crippen LogP contribution < -0.4 is 5.32 Å². The van der Waals surface area contributed by atoms with Gasteiger partial charge in [0.05, 0.1) is 6.61 Å². The van der Waals surface area contributed by atoms with Gasteiger partial charge in [-0.05, 0) is 37.1 Å². The van der Waals surface area contributed by atoms with Gasteiger partial charge in [-0.3, -0.25) is 0 Å². The smallest absolute Gasteiger partial charge is 0.328 e. The van der Waals surface area contributed by atoms with Crippen molar-refractivity contribution in [3.05, 3.63) is 70.7 Å². The zero-order chi connectivity index (χ0) is 18.9. The molecule has 1 atom stereocenters. The number of esters is 1. The van der Waals surface area contributed by atoms with Gasteiger partial charge in [0.15, 0.2) is 0 Å². The van der Waals surface area contributed by atoms with Crippen molar-refractivity contribution in [2.24, 2.45) is 0 Å². The fraction of sp³-hybridized carbons (Fsp3) is 0.300. The minimum absolute atomic E-state index is 0.273. The normalized spacial score (nSPS) is 11.5. The Labute approximate surface area is 158 Å². The van der Waals surface area contributed by atoms with Gasteiger partial charge in [0.2, 0.25) is 0 Å². The number of halogens is 1. The molecule has 0 spiro atoms.